The molecule has 0 bridgehead atoms. The molecule has 1 amide bonds. The fourth-order valence-electron chi connectivity index (χ4n) is 1.31. The molecule has 0 aliphatic heterocycles. The van der Waals surface area contributed by atoms with Gasteiger partial charge in [0.1, 0.15) is 5.75 Å². The second kappa shape index (κ2) is 7.14. The molecular formula is C12H17ClN2O2. The quantitative estimate of drug-likeness (QED) is 0.821. The van der Waals surface area contributed by atoms with Gasteiger partial charge < -0.3 is 15.4 Å². The maximum atomic E-state index is 11.5. The molecule has 0 saturated heterocycles. The fraction of sp³-hybridized carbons (Fsp3) is 0.417. The number of benzene rings is 1. The summed E-state index contributed by atoms with van der Waals surface area (Å²) in [5.41, 5.74) is 0.680. The second-order valence-electron chi connectivity index (χ2n) is 3.48. The molecule has 1 aromatic rings. The molecule has 0 aliphatic carbocycles. The summed E-state index contributed by atoms with van der Waals surface area (Å²) in [6.45, 7) is 3.11. The summed E-state index contributed by atoms with van der Waals surface area (Å²) < 4.78 is 5.31. The lowest BCUT2D eigenvalue weighted by Crippen LogP contribution is -2.18. The lowest BCUT2D eigenvalue weighted by atomic mass is 10.3. The second-order valence-corrected chi connectivity index (χ2v) is 3.89. The summed E-state index contributed by atoms with van der Waals surface area (Å²) in [6, 6.07) is 5.21. The van der Waals surface area contributed by atoms with Crippen LogP contribution in [0, 0.1) is 0 Å². The summed E-state index contributed by atoms with van der Waals surface area (Å²) in [6.07, 6.45) is 0.432. The molecule has 0 aromatic heterocycles. The Morgan fingerprint density at radius 1 is 1.47 bits per heavy atom. The summed E-state index contributed by atoms with van der Waals surface area (Å²) in [4.78, 5) is 11.5. The van der Waals surface area contributed by atoms with E-state index in [1.54, 1.807) is 25.2 Å². The highest BCUT2D eigenvalue weighted by molar-refractivity contribution is 6.32. The fourth-order valence-corrected chi connectivity index (χ4v) is 1.55. The van der Waals surface area contributed by atoms with Gasteiger partial charge in [0.15, 0.2) is 0 Å². The average molecular weight is 257 g/mol. The van der Waals surface area contributed by atoms with E-state index in [4.69, 9.17) is 16.3 Å². The van der Waals surface area contributed by atoms with E-state index < -0.39 is 0 Å². The van der Waals surface area contributed by atoms with Crippen molar-refractivity contribution in [3.63, 3.8) is 0 Å². The minimum atomic E-state index is -0.0421. The topological polar surface area (TPSA) is 50.4 Å². The number of hydrogen-bond donors (Lipinski definition) is 2. The van der Waals surface area contributed by atoms with Crippen LogP contribution in [-0.2, 0) is 4.79 Å². The molecular weight excluding hydrogens is 240 g/mol. The monoisotopic (exact) mass is 256 g/mol. The van der Waals surface area contributed by atoms with Crippen LogP contribution in [-0.4, -0.2) is 26.1 Å². The molecule has 4 nitrogen and oxygen atoms in total. The molecule has 1 rings (SSSR count). The van der Waals surface area contributed by atoms with Crippen LogP contribution in [0.4, 0.5) is 5.69 Å². The number of anilines is 1. The summed E-state index contributed by atoms with van der Waals surface area (Å²) in [5.74, 6) is 0.585. The van der Waals surface area contributed by atoms with E-state index in [1.807, 2.05) is 6.92 Å². The van der Waals surface area contributed by atoms with E-state index in [2.05, 4.69) is 10.6 Å². The van der Waals surface area contributed by atoms with E-state index >= 15 is 0 Å². The Bertz CT molecular complexity index is 383. The van der Waals surface area contributed by atoms with Gasteiger partial charge in [-0.1, -0.05) is 11.6 Å². The third-order valence-electron chi connectivity index (χ3n) is 2.12. The Hall–Kier alpha value is -1.26. The Morgan fingerprint density at radius 2 is 2.24 bits per heavy atom. The van der Waals surface area contributed by atoms with Crippen LogP contribution in [0.15, 0.2) is 18.2 Å². The molecule has 94 valence electrons. The van der Waals surface area contributed by atoms with Crippen molar-refractivity contribution < 1.29 is 9.53 Å². The van der Waals surface area contributed by atoms with Crippen molar-refractivity contribution in [2.24, 2.45) is 0 Å². The lowest BCUT2D eigenvalue weighted by molar-refractivity contribution is -0.116. The summed E-state index contributed by atoms with van der Waals surface area (Å²) in [5, 5.41) is 6.18. The molecule has 0 heterocycles. The number of hydrogen-bond acceptors (Lipinski definition) is 3. The lowest BCUT2D eigenvalue weighted by Gasteiger charge is -2.09. The van der Waals surface area contributed by atoms with E-state index in [0.717, 1.165) is 0 Å². The van der Waals surface area contributed by atoms with Gasteiger partial charge in [0, 0.05) is 18.7 Å². The van der Waals surface area contributed by atoms with Crippen molar-refractivity contribution in [3.8, 4) is 5.75 Å². The zero-order valence-electron chi connectivity index (χ0n) is 10.0. The summed E-state index contributed by atoms with van der Waals surface area (Å²) >= 11 is 6.01. The molecule has 0 unspecified atom stereocenters. The highest BCUT2D eigenvalue weighted by Crippen LogP contribution is 2.27. The van der Waals surface area contributed by atoms with E-state index in [-0.39, 0.29) is 5.91 Å². The highest BCUT2D eigenvalue weighted by atomic mass is 35.5. The van der Waals surface area contributed by atoms with E-state index in [9.17, 15) is 4.79 Å². The number of ether oxygens (including phenoxy) is 1. The van der Waals surface area contributed by atoms with Crippen LogP contribution >= 0.6 is 11.6 Å². The van der Waals surface area contributed by atoms with Crippen molar-refractivity contribution in [2.45, 2.75) is 13.3 Å². The first-order valence-electron chi connectivity index (χ1n) is 5.54. The van der Waals surface area contributed by atoms with Gasteiger partial charge in [-0.25, -0.2) is 0 Å². The van der Waals surface area contributed by atoms with Gasteiger partial charge in [-0.2, -0.15) is 0 Å². The van der Waals surface area contributed by atoms with Gasteiger partial charge >= 0.3 is 0 Å². The number of carbonyl (C=O) groups excluding carboxylic acids is 1. The van der Waals surface area contributed by atoms with Crippen LogP contribution in [0.3, 0.4) is 0 Å². The van der Waals surface area contributed by atoms with Crippen molar-refractivity contribution >= 4 is 23.2 Å². The van der Waals surface area contributed by atoms with Gasteiger partial charge in [-0.15, -0.1) is 0 Å². The molecule has 0 saturated carbocycles. The smallest absolute Gasteiger partial charge is 0.225 e. The number of carbonyl (C=O) groups is 1. The molecule has 0 fully saturated rings. The van der Waals surface area contributed by atoms with Gasteiger partial charge in [0.05, 0.1) is 11.6 Å². The Balaban J connectivity index is 2.60. The van der Waals surface area contributed by atoms with Crippen molar-refractivity contribution in [3.05, 3.63) is 23.2 Å². The minimum absolute atomic E-state index is 0.0421. The number of nitrogens with one attached hydrogen (secondary N) is 2. The molecule has 5 heteroatoms. The van der Waals surface area contributed by atoms with Gasteiger partial charge in [-0.3, -0.25) is 4.79 Å². The van der Waals surface area contributed by atoms with Crippen LogP contribution in [0.25, 0.3) is 0 Å². The highest BCUT2D eigenvalue weighted by Gasteiger charge is 2.05. The molecule has 0 spiro atoms. The third-order valence-corrected chi connectivity index (χ3v) is 2.41. The zero-order chi connectivity index (χ0) is 12.7. The predicted molar refractivity (Wildman–Crippen MR) is 69.8 cm³/mol. The van der Waals surface area contributed by atoms with Crippen molar-refractivity contribution in [2.75, 3.05) is 25.5 Å². The first-order chi connectivity index (χ1) is 8.17. The van der Waals surface area contributed by atoms with Crippen molar-refractivity contribution in [1.82, 2.24) is 5.32 Å². The van der Waals surface area contributed by atoms with Crippen LogP contribution in [0.1, 0.15) is 13.3 Å². The van der Waals surface area contributed by atoms with Gasteiger partial charge in [0.25, 0.3) is 0 Å². The third kappa shape index (κ3) is 4.63. The molecule has 0 radical (unpaired) electrons. The first kappa shape index (κ1) is 13.8. The predicted octanol–water partition coefficient (Wildman–Crippen LogP) is 2.29. The largest absolute Gasteiger partial charge is 0.492 e. The minimum Gasteiger partial charge on any atom is -0.492 e. The number of halogens is 1. The Morgan fingerprint density at radius 3 is 2.82 bits per heavy atom. The maximum absolute atomic E-state index is 11.5. The number of amides is 1. The Kier molecular flexibility index (Phi) is 5.80. The van der Waals surface area contributed by atoms with E-state index in [1.165, 1.54) is 0 Å². The molecule has 0 atom stereocenters. The zero-order valence-corrected chi connectivity index (χ0v) is 10.8. The van der Waals surface area contributed by atoms with Crippen LogP contribution in [0.5, 0.6) is 5.75 Å². The maximum Gasteiger partial charge on any atom is 0.225 e. The van der Waals surface area contributed by atoms with Gasteiger partial charge in [-0.05, 0) is 32.2 Å². The molecule has 1 aromatic carbocycles. The molecule has 17 heavy (non-hydrogen) atoms. The van der Waals surface area contributed by atoms with Crippen LogP contribution < -0.4 is 15.4 Å². The number of rotatable bonds is 6. The van der Waals surface area contributed by atoms with Crippen molar-refractivity contribution in [1.29, 1.82) is 0 Å². The van der Waals surface area contributed by atoms with Gasteiger partial charge in [0.2, 0.25) is 5.91 Å². The van der Waals surface area contributed by atoms with Crippen LogP contribution in [0.2, 0.25) is 5.02 Å². The molecule has 0 aliphatic rings. The van der Waals surface area contributed by atoms with E-state index in [0.29, 0.717) is 36.0 Å². The standard InChI is InChI=1S/C12H17ClN2O2/c1-3-17-11-5-4-9(8-10(11)13)15-12(16)6-7-14-2/h4-5,8,14H,3,6-7H2,1-2H3,(H,15,16). The Labute approximate surface area is 106 Å². The first-order valence-corrected chi connectivity index (χ1v) is 5.92. The normalized spacial score (nSPS) is 10.1. The average Bonchev–Trinajstić information content (AvgIpc) is 2.30. The molecule has 2 N–H and O–H groups in total. The SMILES string of the molecule is CCOc1ccc(NC(=O)CCNC)cc1Cl. The summed E-state index contributed by atoms with van der Waals surface area (Å²) in [7, 11) is 1.81.